The first-order valence-corrected chi connectivity index (χ1v) is 10.6. The molecule has 1 aliphatic heterocycles. The van der Waals surface area contributed by atoms with E-state index in [0.717, 1.165) is 43.0 Å². The minimum atomic E-state index is -0.412. The number of piperazine rings is 1. The average Bonchev–Trinajstić information content (AvgIpc) is 2.69. The second-order valence-corrected chi connectivity index (χ2v) is 8.28. The van der Waals surface area contributed by atoms with E-state index in [1.165, 1.54) is 12.6 Å². The topological polar surface area (TPSA) is 64.7 Å². The van der Waals surface area contributed by atoms with Crippen LogP contribution in [0, 0.1) is 6.92 Å². The van der Waals surface area contributed by atoms with Gasteiger partial charge in [0.05, 0.1) is 12.5 Å². The van der Waals surface area contributed by atoms with Gasteiger partial charge < -0.3 is 20.4 Å². The molecule has 0 aliphatic carbocycles. The number of anilines is 2. The smallest absolute Gasteiger partial charge is 0.226 e. The lowest BCUT2D eigenvalue weighted by Gasteiger charge is -2.35. The van der Waals surface area contributed by atoms with E-state index in [2.05, 4.69) is 40.5 Å². The summed E-state index contributed by atoms with van der Waals surface area (Å²) < 4.78 is 0. The SMILES string of the molecule is CC(=O)NC(CC(=O)Nc1ccc(N2CCN(C)CC2)c(C)c1)c1ccc(Cl)cc1. The van der Waals surface area contributed by atoms with Crippen molar-refractivity contribution in [3.8, 4) is 0 Å². The molecule has 1 unspecified atom stereocenters. The van der Waals surface area contributed by atoms with Gasteiger partial charge in [0.15, 0.2) is 0 Å². The standard InChI is InChI=1S/C23H29ClN4O2/c1-16-14-20(8-9-22(16)28-12-10-27(3)11-13-28)26-23(30)15-21(25-17(2)29)18-4-6-19(24)7-5-18/h4-9,14,21H,10-13,15H2,1-3H3,(H,25,29)(H,26,30). The predicted molar refractivity (Wildman–Crippen MR) is 122 cm³/mol. The fourth-order valence-electron chi connectivity index (χ4n) is 3.73. The van der Waals surface area contributed by atoms with E-state index in [9.17, 15) is 9.59 Å². The summed E-state index contributed by atoms with van der Waals surface area (Å²) in [7, 11) is 2.14. The van der Waals surface area contributed by atoms with E-state index in [1.54, 1.807) is 12.1 Å². The number of likely N-dealkylation sites (N-methyl/N-ethyl adjacent to an activating group) is 1. The van der Waals surface area contributed by atoms with Gasteiger partial charge in [0, 0.05) is 49.5 Å². The molecular formula is C23H29ClN4O2. The van der Waals surface area contributed by atoms with Crippen molar-refractivity contribution in [2.24, 2.45) is 0 Å². The van der Waals surface area contributed by atoms with E-state index in [0.29, 0.717) is 5.02 Å². The zero-order valence-corrected chi connectivity index (χ0v) is 18.5. The molecule has 2 N–H and O–H groups in total. The lowest BCUT2D eigenvalue weighted by atomic mass is 10.0. The normalized spacial score (nSPS) is 15.5. The summed E-state index contributed by atoms with van der Waals surface area (Å²) in [5.74, 6) is -0.342. The molecule has 160 valence electrons. The lowest BCUT2D eigenvalue weighted by molar-refractivity contribution is -0.120. The van der Waals surface area contributed by atoms with Crippen LogP contribution in [0.2, 0.25) is 5.02 Å². The van der Waals surface area contributed by atoms with Crippen LogP contribution in [0.1, 0.15) is 30.5 Å². The Morgan fingerprint density at radius 2 is 1.73 bits per heavy atom. The van der Waals surface area contributed by atoms with Gasteiger partial charge in [-0.15, -0.1) is 0 Å². The van der Waals surface area contributed by atoms with Gasteiger partial charge in [0.1, 0.15) is 0 Å². The molecule has 2 amide bonds. The lowest BCUT2D eigenvalue weighted by Crippen LogP contribution is -2.44. The number of hydrogen-bond donors (Lipinski definition) is 2. The van der Waals surface area contributed by atoms with Crippen molar-refractivity contribution >= 4 is 34.8 Å². The number of hydrogen-bond acceptors (Lipinski definition) is 4. The van der Waals surface area contributed by atoms with Gasteiger partial charge in [-0.05, 0) is 55.4 Å². The second-order valence-electron chi connectivity index (χ2n) is 7.85. The predicted octanol–water partition coefficient (Wildman–Crippen LogP) is 3.61. The van der Waals surface area contributed by atoms with E-state index in [4.69, 9.17) is 11.6 Å². The molecule has 1 fully saturated rings. The van der Waals surface area contributed by atoms with Crippen LogP contribution < -0.4 is 15.5 Å². The van der Waals surface area contributed by atoms with Gasteiger partial charge in [-0.3, -0.25) is 9.59 Å². The van der Waals surface area contributed by atoms with Crippen LogP contribution in [0.4, 0.5) is 11.4 Å². The quantitative estimate of drug-likeness (QED) is 0.737. The summed E-state index contributed by atoms with van der Waals surface area (Å²) in [6, 6.07) is 12.8. The number of carbonyl (C=O) groups excluding carboxylic acids is 2. The third-order valence-corrected chi connectivity index (χ3v) is 5.62. The Labute approximate surface area is 183 Å². The minimum Gasteiger partial charge on any atom is -0.369 e. The van der Waals surface area contributed by atoms with Gasteiger partial charge in [0.25, 0.3) is 0 Å². The van der Waals surface area contributed by atoms with Crippen LogP contribution >= 0.6 is 11.6 Å². The highest BCUT2D eigenvalue weighted by Crippen LogP contribution is 2.25. The Bertz CT molecular complexity index is 893. The van der Waals surface area contributed by atoms with Crippen molar-refractivity contribution in [2.75, 3.05) is 43.4 Å². The minimum absolute atomic E-state index is 0.139. The third-order valence-electron chi connectivity index (χ3n) is 5.36. The average molecular weight is 429 g/mol. The monoisotopic (exact) mass is 428 g/mol. The van der Waals surface area contributed by atoms with Crippen molar-refractivity contribution in [1.82, 2.24) is 10.2 Å². The maximum Gasteiger partial charge on any atom is 0.226 e. The molecule has 1 saturated heterocycles. The van der Waals surface area contributed by atoms with Crippen LogP contribution in [0.3, 0.4) is 0 Å². The van der Waals surface area contributed by atoms with Crippen LogP contribution in [-0.4, -0.2) is 49.9 Å². The molecule has 0 bridgehead atoms. The van der Waals surface area contributed by atoms with Gasteiger partial charge in [-0.1, -0.05) is 23.7 Å². The van der Waals surface area contributed by atoms with Gasteiger partial charge in [-0.2, -0.15) is 0 Å². The summed E-state index contributed by atoms with van der Waals surface area (Å²) in [4.78, 5) is 29.0. The number of benzene rings is 2. The van der Waals surface area contributed by atoms with E-state index >= 15 is 0 Å². The highest BCUT2D eigenvalue weighted by atomic mass is 35.5. The zero-order valence-electron chi connectivity index (χ0n) is 17.7. The molecule has 3 rings (SSSR count). The Hall–Kier alpha value is -2.57. The second kappa shape index (κ2) is 9.96. The van der Waals surface area contributed by atoms with Crippen LogP contribution in [0.25, 0.3) is 0 Å². The molecule has 0 aromatic heterocycles. The zero-order chi connectivity index (χ0) is 21.7. The Morgan fingerprint density at radius 3 is 2.33 bits per heavy atom. The van der Waals surface area contributed by atoms with Crippen molar-refractivity contribution in [3.05, 3.63) is 58.6 Å². The molecule has 1 aliphatic rings. The van der Waals surface area contributed by atoms with Crippen molar-refractivity contribution in [3.63, 3.8) is 0 Å². The molecule has 1 heterocycles. The van der Waals surface area contributed by atoms with Crippen molar-refractivity contribution in [2.45, 2.75) is 26.3 Å². The molecule has 30 heavy (non-hydrogen) atoms. The molecular weight excluding hydrogens is 400 g/mol. The highest BCUT2D eigenvalue weighted by molar-refractivity contribution is 6.30. The number of rotatable bonds is 6. The molecule has 0 saturated carbocycles. The molecule has 2 aromatic rings. The summed E-state index contributed by atoms with van der Waals surface area (Å²) >= 11 is 5.95. The first-order valence-electron chi connectivity index (χ1n) is 10.2. The number of carbonyl (C=O) groups is 2. The van der Waals surface area contributed by atoms with Gasteiger partial charge in [-0.25, -0.2) is 0 Å². The van der Waals surface area contributed by atoms with E-state index < -0.39 is 6.04 Å². The molecule has 0 spiro atoms. The summed E-state index contributed by atoms with van der Waals surface area (Å²) in [6.45, 7) is 7.61. The van der Waals surface area contributed by atoms with Crippen LogP contribution in [-0.2, 0) is 9.59 Å². The Morgan fingerprint density at radius 1 is 1.07 bits per heavy atom. The highest BCUT2D eigenvalue weighted by Gasteiger charge is 2.19. The summed E-state index contributed by atoms with van der Waals surface area (Å²) in [5.41, 5.74) is 3.94. The molecule has 1 atom stereocenters. The van der Waals surface area contributed by atoms with E-state index in [1.807, 2.05) is 24.3 Å². The number of nitrogens with one attached hydrogen (secondary N) is 2. The van der Waals surface area contributed by atoms with E-state index in [-0.39, 0.29) is 18.2 Å². The number of amides is 2. The largest absolute Gasteiger partial charge is 0.369 e. The third kappa shape index (κ3) is 5.97. The number of nitrogens with zero attached hydrogens (tertiary/aromatic N) is 2. The molecule has 7 heteroatoms. The Kier molecular flexibility index (Phi) is 7.34. The molecule has 6 nitrogen and oxygen atoms in total. The summed E-state index contributed by atoms with van der Waals surface area (Å²) in [6.07, 6.45) is 0.139. The fourth-order valence-corrected chi connectivity index (χ4v) is 3.85. The maximum absolute atomic E-state index is 12.7. The number of aryl methyl sites for hydroxylation is 1. The van der Waals surface area contributed by atoms with Gasteiger partial charge in [0.2, 0.25) is 11.8 Å². The fraction of sp³-hybridized carbons (Fsp3) is 0.391. The van der Waals surface area contributed by atoms with Crippen LogP contribution in [0.15, 0.2) is 42.5 Å². The molecule has 2 aromatic carbocycles. The molecule has 0 radical (unpaired) electrons. The Balaban J connectivity index is 1.66. The maximum atomic E-state index is 12.7. The first-order chi connectivity index (χ1) is 14.3. The van der Waals surface area contributed by atoms with Gasteiger partial charge >= 0.3 is 0 Å². The van der Waals surface area contributed by atoms with Crippen molar-refractivity contribution < 1.29 is 9.59 Å². The summed E-state index contributed by atoms with van der Waals surface area (Å²) in [5, 5.41) is 6.42. The first kappa shape index (κ1) is 22.1. The van der Waals surface area contributed by atoms with Crippen LogP contribution in [0.5, 0.6) is 0 Å². The van der Waals surface area contributed by atoms with Crippen molar-refractivity contribution in [1.29, 1.82) is 0 Å². The number of halogens is 1.